The Bertz CT molecular complexity index is 525. The van der Waals surface area contributed by atoms with Crippen molar-refractivity contribution >= 4 is 5.82 Å². The summed E-state index contributed by atoms with van der Waals surface area (Å²) < 4.78 is 5.31. The maximum Gasteiger partial charge on any atom is 0.148 e. The zero-order valence-corrected chi connectivity index (χ0v) is 11.1. The largest absolute Gasteiger partial charge is 0.496 e. The van der Waals surface area contributed by atoms with Crippen molar-refractivity contribution in [3.05, 3.63) is 36.4 Å². The first-order valence-electron chi connectivity index (χ1n) is 6.17. The molecule has 0 fully saturated rings. The number of nitrogens with two attached hydrogens (primary N) is 1. The van der Waals surface area contributed by atoms with E-state index in [9.17, 15) is 0 Å². The molecule has 19 heavy (non-hydrogen) atoms. The van der Waals surface area contributed by atoms with E-state index in [1.165, 1.54) is 0 Å². The zero-order valence-electron chi connectivity index (χ0n) is 11.1. The number of aromatic nitrogens is 2. The van der Waals surface area contributed by atoms with Gasteiger partial charge in [0.1, 0.15) is 11.6 Å². The molecule has 1 aromatic heterocycles. The Hall–Kier alpha value is -2.14. The van der Waals surface area contributed by atoms with E-state index in [1.54, 1.807) is 7.11 Å². The monoisotopic (exact) mass is 258 g/mol. The molecule has 1 aromatic carbocycles. The molecular formula is C14H18N4O. The molecule has 3 N–H and O–H groups in total. The van der Waals surface area contributed by atoms with Gasteiger partial charge in [0.2, 0.25) is 0 Å². The van der Waals surface area contributed by atoms with Crippen LogP contribution in [0.4, 0.5) is 5.82 Å². The molecule has 5 heteroatoms. The van der Waals surface area contributed by atoms with Crippen LogP contribution >= 0.6 is 0 Å². The third-order valence-corrected chi connectivity index (χ3v) is 2.65. The van der Waals surface area contributed by atoms with Gasteiger partial charge in [0.05, 0.1) is 12.8 Å². The molecule has 2 aromatic rings. The van der Waals surface area contributed by atoms with Gasteiger partial charge in [-0.05, 0) is 31.2 Å². The van der Waals surface area contributed by atoms with Gasteiger partial charge in [-0.2, -0.15) is 0 Å². The van der Waals surface area contributed by atoms with E-state index < -0.39 is 0 Å². The Morgan fingerprint density at radius 3 is 2.63 bits per heavy atom. The van der Waals surface area contributed by atoms with Gasteiger partial charge < -0.3 is 15.8 Å². The van der Waals surface area contributed by atoms with E-state index in [0.29, 0.717) is 6.54 Å². The van der Waals surface area contributed by atoms with Crippen molar-refractivity contribution in [3.8, 4) is 17.0 Å². The lowest BCUT2D eigenvalue weighted by molar-refractivity contribution is 0.416. The van der Waals surface area contributed by atoms with Crippen LogP contribution in [0.2, 0.25) is 0 Å². The summed E-state index contributed by atoms with van der Waals surface area (Å²) in [5.41, 5.74) is 7.38. The van der Waals surface area contributed by atoms with Crippen LogP contribution in [0.3, 0.4) is 0 Å². The van der Waals surface area contributed by atoms with Crippen LogP contribution in [0.5, 0.6) is 5.75 Å². The van der Waals surface area contributed by atoms with Gasteiger partial charge in [0.25, 0.3) is 0 Å². The molecule has 0 spiro atoms. The maximum absolute atomic E-state index is 5.67. The molecule has 0 aliphatic heterocycles. The first-order chi connectivity index (χ1) is 9.20. The third kappa shape index (κ3) is 3.42. The second-order valence-electron chi connectivity index (χ2n) is 4.36. The van der Waals surface area contributed by atoms with Crippen molar-refractivity contribution in [1.29, 1.82) is 0 Å². The number of hydrogen-bond donors (Lipinski definition) is 2. The average Bonchev–Trinajstić information content (AvgIpc) is 2.45. The molecule has 1 atom stereocenters. The highest BCUT2D eigenvalue weighted by Gasteiger charge is 2.06. The predicted molar refractivity (Wildman–Crippen MR) is 76.2 cm³/mol. The highest BCUT2D eigenvalue weighted by molar-refractivity contribution is 5.67. The zero-order chi connectivity index (χ0) is 13.7. The van der Waals surface area contributed by atoms with Crippen molar-refractivity contribution in [3.63, 3.8) is 0 Å². The van der Waals surface area contributed by atoms with Gasteiger partial charge in [0.15, 0.2) is 0 Å². The van der Waals surface area contributed by atoms with Crippen LogP contribution in [0.25, 0.3) is 11.3 Å². The van der Waals surface area contributed by atoms with Crippen LogP contribution in [0, 0.1) is 0 Å². The van der Waals surface area contributed by atoms with Gasteiger partial charge in [-0.1, -0.05) is 12.1 Å². The Kier molecular flexibility index (Phi) is 4.30. The lowest BCUT2D eigenvalue weighted by atomic mass is 10.1. The van der Waals surface area contributed by atoms with E-state index in [4.69, 9.17) is 10.5 Å². The molecule has 0 radical (unpaired) electrons. The summed E-state index contributed by atoms with van der Waals surface area (Å²) in [5, 5.41) is 11.5. The highest BCUT2D eigenvalue weighted by atomic mass is 16.5. The highest BCUT2D eigenvalue weighted by Crippen LogP contribution is 2.27. The molecule has 5 nitrogen and oxygen atoms in total. The third-order valence-electron chi connectivity index (χ3n) is 2.65. The summed E-state index contributed by atoms with van der Waals surface area (Å²) in [5.74, 6) is 1.50. The van der Waals surface area contributed by atoms with E-state index in [-0.39, 0.29) is 6.04 Å². The topological polar surface area (TPSA) is 73.1 Å². The van der Waals surface area contributed by atoms with E-state index in [1.807, 2.05) is 43.3 Å². The molecule has 0 aliphatic carbocycles. The number of ether oxygens (including phenoxy) is 1. The van der Waals surface area contributed by atoms with Gasteiger partial charge in [-0.25, -0.2) is 0 Å². The Balaban J connectivity index is 2.18. The van der Waals surface area contributed by atoms with Gasteiger partial charge >= 0.3 is 0 Å². The van der Waals surface area contributed by atoms with Crippen molar-refractivity contribution < 1.29 is 4.74 Å². The summed E-state index contributed by atoms with van der Waals surface area (Å²) in [4.78, 5) is 0. The molecule has 1 unspecified atom stereocenters. The van der Waals surface area contributed by atoms with Gasteiger partial charge in [-0.15, -0.1) is 10.2 Å². The number of methoxy groups -OCH3 is 1. The number of anilines is 1. The van der Waals surface area contributed by atoms with Crippen LogP contribution in [0.15, 0.2) is 36.4 Å². The number of nitrogens with one attached hydrogen (secondary N) is 1. The van der Waals surface area contributed by atoms with E-state index in [0.717, 1.165) is 22.8 Å². The number of benzene rings is 1. The maximum atomic E-state index is 5.67. The van der Waals surface area contributed by atoms with Gasteiger partial charge in [0, 0.05) is 18.2 Å². The molecule has 0 bridgehead atoms. The molecule has 0 amide bonds. The minimum atomic E-state index is 0.0793. The Labute approximate surface area is 112 Å². The normalized spacial score (nSPS) is 11.9. The number of rotatable bonds is 5. The standard InChI is InChI=1S/C14H18N4O/c1-10(15)9-16-14-8-7-12(17-18-14)11-5-3-4-6-13(11)19-2/h3-8,10H,9,15H2,1-2H3,(H,16,18). The SMILES string of the molecule is COc1ccccc1-c1ccc(NCC(C)N)nn1. The molecular weight excluding hydrogens is 240 g/mol. The van der Waals surface area contributed by atoms with Crippen LogP contribution in [-0.4, -0.2) is 29.9 Å². The number of para-hydroxylation sites is 1. The van der Waals surface area contributed by atoms with Gasteiger partial charge in [-0.3, -0.25) is 0 Å². The fraction of sp³-hybridized carbons (Fsp3) is 0.286. The smallest absolute Gasteiger partial charge is 0.148 e. The van der Waals surface area contributed by atoms with Crippen LogP contribution in [-0.2, 0) is 0 Å². The fourth-order valence-corrected chi connectivity index (χ4v) is 1.69. The summed E-state index contributed by atoms with van der Waals surface area (Å²) in [7, 11) is 1.64. The second-order valence-corrected chi connectivity index (χ2v) is 4.36. The molecule has 1 heterocycles. The quantitative estimate of drug-likeness (QED) is 0.857. The predicted octanol–water partition coefficient (Wildman–Crippen LogP) is 1.91. The molecule has 0 saturated carbocycles. The fourth-order valence-electron chi connectivity index (χ4n) is 1.69. The minimum Gasteiger partial charge on any atom is -0.496 e. The Morgan fingerprint density at radius 2 is 2.00 bits per heavy atom. The summed E-state index contributed by atoms with van der Waals surface area (Å²) in [6, 6.07) is 11.6. The number of nitrogens with zero attached hydrogens (tertiary/aromatic N) is 2. The second kappa shape index (κ2) is 6.15. The van der Waals surface area contributed by atoms with Crippen LogP contribution < -0.4 is 15.8 Å². The first kappa shape index (κ1) is 13.3. The lowest BCUT2D eigenvalue weighted by Crippen LogP contribution is -2.25. The van der Waals surface area contributed by atoms with Crippen molar-refractivity contribution in [1.82, 2.24) is 10.2 Å². The molecule has 100 valence electrons. The van der Waals surface area contributed by atoms with E-state index in [2.05, 4.69) is 15.5 Å². The summed E-state index contributed by atoms with van der Waals surface area (Å²) in [6.07, 6.45) is 0. The first-order valence-corrected chi connectivity index (χ1v) is 6.17. The summed E-state index contributed by atoms with van der Waals surface area (Å²) in [6.45, 7) is 2.60. The lowest BCUT2D eigenvalue weighted by Gasteiger charge is -2.09. The van der Waals surface area contributed by atoms with Crippen LogP contribution in [0.1, 0.15) is 6.92 Å². The molecule has 2 rings (SSSR count). The Morgan fingerprint density at radius 1 is 1.21 bits per heavy atom. The minimum absolute atomic E-state index is 0.0793. The van der Waals surface area contributed by atoms with Crippen molar-refractivity contribution in [2.24, 2.45) is 5.73 Å². The summed E-state index contributed by atoms with van der Waals surface area (Å²) >= 11 is 0. The van der Waals surface area contributed by atoms with Crippen molar-refractivity contribution in [2.75, 3.05) is 19.0 Å². The average molecular weight is 258 g/mol. The van der Waals surface area contributed by atoms with Crippen molar-refractivity contribution in [2.45, 2.75) is 13.0 Å². The number of hydrogen-bond acceptors (Lipinski definition) is 5. The van der Waals surface area contributed by atoms with E-state index >= 15 is 0 Å². The molecule has 0 saturated heterocycles. The molecule has 0 aliphatic rings.